The number of nitrogens with one attached hydrogen (secondary N) is 2. The molecule has 130 valence electrons. The quantitative estimate of drug-likeness (QED) is 0.597. The van der Waals surface area contributed by atoms with Crippen LogP contribution >= 0.6 is 11.3 Å². The smallest absolute Gasteiger partial charge is 0.191 e. The number of nitrogens with zero attached hydrogens (tertiary/aromatic N) is 1. The molecule has 0 bridgehead atoms. The van der Waals surface area contributed by atoms with Gasteiger partial charge in [-0.2, -0.15) is 0 Å². The highest BCUT2D eigenvalue weighted by Gasteiger charge is 2.07. The minimum atomic E-state index is 0.208. The van der Waals surface area contributed by atoms with Crippen molar-refractivity contribution < 1.29 is 9.47 Å². The van der Waals surface area contributed by atoms with Crippen LogP contribution in [0.2, 0.25) is 0 Å². The molecule has 24 heavy (non-hydrogen) atoms. The first-order valence-electron chi connectivity index (χ1n) is 7.84. The number of ether oxygens (including phenoxy) is 2. The van der Waals surface area contributed by atoms with Crippen molar-refractivity contribution in [3.63, 3.8) is 0 Å². The fourth-order valence-corrected chi connectivity index (χ4v) is 3.13. The van der Waals surface area contributed by atoms with Crippen LogP contribution < -0.4 is 15.4 Å². The van der Waals surface area contributed by atoms with E-state index in [4.69, 9.17) is 9.47 Å². The van der Waals surface area contributed by atoms with Crippen LogP contribution in [0.5, 0.6) is 5.75 Å². The second-order valence-corrected chi connectivity index (χ2v) is 6.45. The molecule has 2 N–H and O–H groups in total. The standard InChI is InChI=1S/C18H25N3O2S/c1-13(11-22-3)21-18(19-2)20-10-17-9-15(12-24-17)14-5-7-16(23-4)8-6-14/h5-9,12-13H,10-11H2,1-4H3,(H2,19,20,21). The number of hydrogen-bond donors (Lipinski definition) is 2. The van der Waals surface area contributed by atoms with Gasteiger partial charge in [-0.1, -0.05) is 12.1 Å². The lowest BCUT2D eigenvalue weighted by molar-refractivity contribution is 0.179. The molecule has 1 unspecified atom stereocenters. The molecule has 0 aliphatic rings. The Morgan fingerprint density at radius 1 is 1.21 bits per heavy atom. The van der Waals surface area contributed by atoms with Crippen LogP contribution in [0.3, 0.4) is 0 Å². The third-order valence-corrected chi connectivity index (χ3v) is 4.47. The second-order valence-electron chi connectivity index (χ2n) is 5.46. The Morgan fingerprint density at radius 3 is 2.58 bits per heavy atom. The molecule has 5 nitrogen and oxygen atoms in total. The van der Waals surface area contributed by atoms with Gasteiger partial charge in [-0.15, -0.1) is 11.3 Å². The van der Waals surface area contributed by atoms with Gasteiger partial charge in [0.15, 0.2) is 5.96 Å². The van der Waals surface area contributed by atoms with E-state index in [1.54, 1.807) is 32.6 Å². The van der Waals surface area contributed by atoms with Gasteiger partial charge in [0.25, 0.3) is 0 Å². The summed E-state index contributed by atoms with van der Waals surface area (Å²) in [6.45, 7) is 3.44. The Labute approximate surface area is 147 Å². The van der Waals surface area contributed by atoms with Gasteiger partial charge in [-0.05, 0) is 41.6 Å². The van der Waals surface area contributed by atoms with Gasteiger partial charge in [0.2, 0.25) is 0 Å². The number of rotatable bonds is 7. The summed E-state index contributed by atoms with van der Waals surface area (Å²) in [6.07, 6.45) is 0. The van der Waals surface area contributed by atoms with Crippen LogP contribution in [0, 0.1) is 0 Å². The molecule has 0 radical (unpaired) electrons. The van der Waals surface area contributed by atoms with Gasteiger partial charge in [0.1, 0.15) is 5.75 Å². The molecule has 1 heterocycles. The number of thiophene rings is 1. The zero-order valence-corrected chi connectivity index (χ0v) is 15.4. The Hall–Kier alpha value is -2.05. The number of methoxy groups -OCH3 is 2. The topological polar surface area (TPSA) is 54.9 Å². The molecule has 0 spiro atoms. The van der Waals surface area contributed by atoms with E-state index in [9.17, 15) is 0 Å². The summed E-state index contributed by atoms with van der Waals surface area (Å²) in [7, 11) is 5.14. The molecule has 0 saturated heterocycles. The fourth-order valence-electron chi connectivity index (χ4n) is 2.30. The third-order valence-electron chi connectivity index (χ3n) is 3.53. The highest BCUT2D eigenvalue weighted by atomic mass is 32.1. The van der Waals surface area contributed by atoms with Gasteiger partial charge in [-0.25, -0.2) is 0 Å². The first kappa shape index (κ1) is 18.3. The lowest BCUT2D eigenvalue weighted by atomic mass is 10.1. The normalized spacial score (nSPS) is 12.8. The van der Waals surface area contributed by atoms with E-state index in [1.165, 1.54) is 16.0 Å². The summed E-state index contributed by atoms with van der Waals surface area (Å²) in [6, 6.07) is 10.5. The van der Waals surface area contributed by atoms with Gasteiger partial charge in [0.05, 0.1) is 20.3 Å². The third kappa shape index (κ3) is 5.25. The molecule has 1 atom stereocenters. The number of hydrogen-bond acceptors (Lipinski definition) is 4. The lowest BCUT2D eigenvalue weighted by Gasteiger charge is -2.16. The Balaban J connectivity index is 1.93. The number of guanidine groups is 1. The molecule has 6 heteroatoms. The minimum Gasteiger partial charge on any atom is -0.497 e. The molecule has 1 aromatic heterocycles. The maximum Gasteiger partial charge on any atom is 0.191 e. The van der Waals surface area contributed by atoms with E-state index < -0.39 is 0 Å². The summed E-state index contributed by atoms with van der Waals surface area (Å²) >= 11 is 1.73. The van der Waals surface area contributed by atoms with E-state index in [1.807, 2.05) is 12.1 Å². The van der Waals surface area contributed by atoms with Crippen LogP contribution in [0.25, 0.3) is 11.1 Å². The first-order valence-corrected chi connectivity index (χ1v) is 8.72. The number of aliphatic imine (C=N–C) groups is 1. The van der Waals surface area contributed by atoms with E-state index in [2.05, 4.69) is 46.1 Å². The highest BCUT2D eigenvalue weighted by Crippen LogP contribution is 2.27. The molecule has 0 aliphatic carbocycles. The van der Waals surface area contributed by atoms with Crippen molar-refractivity contribution in [3.8, 4) is 16.9 Å². The molecular weight excluding hydrogens is 322 g/mol. The van der Waals surface area contributed by atoms with Crippen molar-refractivity contribution in [2.45, 2.75) is 19.5 Å². The van der Waals surface area contributed by atoms with Gasteiger partial charge in [-0.3, -0.25) is 4.99 Å². The molecule has 2 aromatic rings. The molecule has 0 amide bonds. The highest BCUT2D eigenvalue weighted by molar-refractivity contribution is 7.10. The minimum absolute atomic E-state index is 0.208. The largest absolute Gasteiger partial charge is 0.497 e. The summed E-state index contributed by atoms with van der Waals surface area (Å²) in [5.41, 5.74) is 2.41. The first-order chi connectivity index (χ1) is 11.7. The van der Waals surface area contributed by atoms with Crippen molar-refractivity contribution in [1.82, 2.24) is 10.6 Å². The number of benzene rings is 1. The van der Waals surface area contributed by atoms with E-state index in [0.717, 1.165) is 18.3 Å². The molecule has 0 saturated carbocycles. The van der Waals surface area contributed by atoms with E-state index in [-0.39, 0.29) is 6.04 Å². The van der Waals surface area contributed by atoms with Gasteiger partial charge >= 0.3 is 0 Å². The summed E-state index contributed by atoms with van der Waals surface area (Å²) in [4.78, 5) is 5.49. The van der Waals surface area contributed by atoms with Crippen molar-refractivity contribution in [3.05, 3.63) is 40.6 Å². The predicted molar refractivity (Wildman–Crippen MR) is 101 cm³/mol. The molecule has 0 fully saturated rings. The monoisotopic (exact) mass is 347 g/mol. The van der Waals surface area contributed by atoms with Crippen LogP contribution in [-0.4, -0.2) is 39.9 Å². The Bertz CT molecular complexity index is 653. The zero-order chi connectivity index (χ0) is 17.4. The average molecular weight is 347 g/mol. The second kappa shape index (κ2) is 9.30. The van der Waals surface area contributed by atoms with E-state index >= 15 is 0 Å². The maximum atomic E-state index is 5.20. The van der Waals surface area contributed by atoms with Gasteiger partial charge < -0.3 is 20.1 Å². The average Bonchev–Trinajstić information content (AvgIpc) is 3.08. The van der Waals surface area contributed by atoms with Crippen molar-refractivity contribution in [1.29, 1.82) is 0 Å². The predicted octanol–water partition coefficient (Wildman–Crippen LogP) is 3.12. The maximum absolute atomic E-state index is 5.20. The molecule has 2 rings (SSSR count). The summed E-state index contributed by atoms with van der Waals surface area (Å²) in [5, 5.41) is 8.79. The lowest BCUT2D eigenvalue weighted by Crippen LogP contribution is -2.43. The fraction of sp³-hybridized carbons (Fsp3) is 0.389. The van der Waals surface area contributed by atoms with Crippen molar-refractivity contribution in [2.75, 3.05) is 27.9 Å². The Kier molecular flexibility index (Phi) is 7.08. The van der Waals surface area contributed by atoms with Crippen molar-refractivity contribution >= 4 is 17.3 Å². The van der Waals surface area contributed by atoms with Crippen molar-refractivity contribution in [2.24, 2.45) is 4.99 Å². The summed E-state index contributed by atoms with van der Waals surface area (Å²) in [5.74, 6) is 1.65. The Morgan fingerprint density at radius 2 is 1.96 bits per heavy atom. The van der Waals surface area contributed by atoms with Crippen LogP contribution in [-0.2, 0) is 11.3 Å². The summed E-state index contributed by atoms with van der Waals surface area (Å²) < 4.78 is 10.3. The molecule has 0 aliphatic heterocycles. The SMILES string of the molecule is CN=C(NCc1cc(-c2ccc(OC)cc2)cs1)NC(C)COC. The molecular formula is C18H25N3O2S. The zero-order valence-electron chi connectivity index (χ0n) is 14.6. The van der Waals surface area contributed by atoms with Crippen LogP contribution in [0.1, 0.15) is 11.8 Å². The van der Waals surface area contributed by atoms with Crippen LogP contribution in [0.15, 0.2) is 40.7 Å². The van der Waals surface area contributed by atoms with Gasteiger partial charge in [0, 0.05) is 25.1 Å². The molecule has 1 aromatic carbocycles. The van der Waals surface area contributed by atoms with E-state index in [0.29, 0.717) is 6.61 Å². The van der Waals surface area contributed by atoms with Crippen LogP contribution in [0.4, 0.5) is 0 Å².